The zero-order valence-electron chi connectivity index (χ0n) is 16.6. The van der Waals surface area contributed by atoms with Gasteiger partial charge in [-0.15, -0.1) is 0 Å². The number of carbonyl (C=O) groups is 1. The highest BCUT2D eigenvalue weighted by Crippen LogP contribution is 2.35. The molecule has 1 aromatic heterocycles. The summed E-state index contributed by atoms with van der Waals surface area (Å²) in [6.07, 6.45) is 4.30. The van der Waals surface area contributed by atoms with E-state index in [0.717, 1.165) is 34.1 Å². The van der Waals surface area contributed by atoms with Gasteiger partial charge in [0.05, 0.1) is 19.9 Å². The first-order chi connectivity index (χ1) is 13.6. The molecule has 0 amide bonds. The van der Waals surface area contributed by atoms with Gasteiger partial charge in [0.2, 0.25) is 0 Å². The second-order valence-electron chi connectivity index (χ2n) is 6.43. The number of rotatable bonds is 8. The number of carbonyl (C=O) groups excluding carboxylic acids is 1. The van der Waals surface area contributed by atoms with Crippen LogP contribution >= 0.6 is 0 Å². The third-order valence-corrected chi connectivity index (χ3v) is 4.83. The third kappa shape index (κ3) is 3.86. The number of nitrogens with zero attached hydrogens (tertiary/aromatic N) is 2. The van der Waals surface area contributed by atoms with Crippen molar-refractivity contribution in [2.45, 2.75) is 13.3 Å². The van der Waals surface area contributed by atoms with Crippen molar-refractivity contribution in [3.05, 3.63) is 53.9 Å². The van der Waals surface area contributed by atoms with E-state index in [9.17, 15) is 4.79 Å². The van der Waals surface area contributed by atoms with Gasteiger partial charge in [0.15, 0.2) is 17.2 Å². The Morgan fingerprint density at radius 1 is 1.04 bits per heavy atom. The zero-order chi connectivity index (χ0) is 20.1. The molecule has 0 saturated carbocycles. The number of fused-ring (bicyclic) bond motifs is 1. The van der Waals surface area contributed by atoms with Gasteiger partial charge >= 0.3 is 0 Å². The fourth-order valence-corrected chi connectivity index (χ4v) is 3.22. The number of benzene rings is 2. The molecule has 3 aromatic rings. The molecule has 146 valence electrons. The second kappa shape index (κ2) is 8.61. The summed E-state index contributed by atoms with van der Waals surface area (Å²) in [7, 11) is 5.20. The summed E-state index contributed by atoms with van der Waals surface area (Å²) in [4.78, 5) is 17.3. The summed E-state index contributed by atoms with van der Waals surface area (Å²) in [6.45, 7) is 3.31. The van der Waals surface area contributed by atoms with Crippen molar-refractivity contribution in [1.29, 1.82) is 0 Å². The minimum Gasteiger partial charge on any atom is -0.493 e. The van der Waals surface area contributed by atoms with E-state index in [1.165, 1.54) is 0 Å². The molecule has 6 nitrogen and oxygen atoms in total. The number of methoxy groups -OCH3 is 2. The van der Waals surface area contributed by atoms with Crippen LogP contribution in [0.15, 0.2) is 42.7 Å². The summed E-state index contributed by atoms with van der Waals surface area (Å²) >= 11 is 0. The average Bonchev–Trinajstić information content (AvgIpc) is 2.73. The van der Waals surface area contributed by atoms with Crippen LogP contribution in [0.1, 0.15) is 18.1 Å². The number of aromatic nitrogens is 1. The maximum Gasteiger partial charge on any atom is 0.298 e. The van der Waals surface area contributed by atoms with Gasteiger partial charge in [0.1, 0.15) is 0 Å². The van der Waals surface area contributed by atoms with Crippen LogP contribution < -0.4 is 19.1 Å². The predicted molar refractivity (Wildman–Crippen MR) is 110 cm³/mol. The molecule has 0 N–H and O–H groups in total. The smallest absolute Gasteiger partial charge is 0.298 e. The highest BCUT2D eigenvalue weighted by Gasteiger charge is 2.13. The third-order valence-electron chi connectivity index (χ3n) is 4.83. The van der Waals surface area contributed by atoms with E-state index in [1.54, 1.807) is 20.4 Å². The lowest BCUT2D eigenvalue weighted by atomic mass is 10.00. The summed E-state index contributed by atoms with van der Waals surface area (Å²) in [5.74, 6) is 1.89. The van der Waals surface area contributed by atoms with E-state index in [0.29, 0.717) is 30.1 Å². The first-order valence-corrected chi connectivity index (χ1v) is 9.04. The molecule has 0 bridgehead atoms. The van der Waals surface area contributed by atoms with Crippen molar-refractivity contribution >= 4 is 22.9 Å². The van der Waals surface area contributed by atoms with Crippen LogP contribution in [-0.4, -0.2) is 39.3 Å². The maximum atomic E-state index is 10.9. The number of hydrogen-bond acceptors (Lipinski definition) is 6. The van der Waals surface area contributed by atoms with Crippen molar-refractivity contribution in [2.75, 3.05) is 32.7 Å². The lowest BCUT2D eigenvalue weighted by Gasteiger charge is -2.20. The summed E-state index contributed by atoms with van der Waals surface area (Å²) in [5.41, 5.74) is 2.95. The van der Waals surface area contributed by atoms with Crippen molar-refractivity contribution in [1.82, 2.24) is 4.98 Å². The second-order valence-corrected chi connectivity index (χ2v) is 6.43. The molecule has 0 aliphatic rings. The van der Waals surface area contributed by atoms with Crippen molar-refractivity contribution < 1.29 is 19.0 Å². The molecule has 1 heterocycles. The van der Waals surface area contributed by atoms with Crippen molar-refractivity contribution in [3.8, 4) is 17.2 Å². The van der Waals surface area contributed by atoms with E-state index in [1.807, 2.05) is 55.4 Å². The van der Waals surface area contributed by atoms with Gasteiger partial charge in [-0.1, -0.05) is 6.07 Å². The van der Waals surface area contributed by atoms with E-state index < -0.39 is 0 Å². The quantitative estimate of drug-likeness (QED) is 0.554. The topological polar surface area (TPSA) is 60.9 Å². The molecule has 28 heavy (non-hydrogen) atoms. The molecule has 0 saturated heterocycles. The number of hydrogen-bond donors (Lipinski definition) is 0. The predicted octanol–water partition coefficient (Wildman–Crippen LogP) is 3.83. The number of pyridine rings is 1. The Hall–Kier alpha value is -3.28. The first-order valence-electron chi connectivity index (χ1n) is 9.04. The van der Waals surface area contributed by atoms with Crippen LogP contribution in [-0.2, 0) is 11.2 Å². The van der Waals surface area contributed by atoms with Crippen molar-refractivity contribution in [3.63, 3.8) is 0 Å². The van der Waals surface area contributed by atoms with Gasteiger partial charge in [-0.25, -0.2) is 0 Å². The fraction of sp³-hybridized carbons (Fsp3) is 0.273. The molecule has 0 atom stereocenters. The van der Waals surface area contributed by atoms with Crippen molar-refractivity contribution in [2.24, 2.45) is 0 Å². The highest BCUT2D eigenvalue weighted by atomic mass is 16.5. The summed E-state index contributed by atoms with van der Waals surface area (Å²) < 4.78 is 16.0. The molecule has 0 spiro atoms. The lowest BCUT2D eigenvalue weighted by molar-refractivity contribution is -0.120. The minimum atomic E-state index is 0.461. The number of ether oxygens (including phenoxy) is 3. The average molecular weight is 380 g/mol. The standard InChI is InChI=1S/C22H24N2O4/c1-5-24(2)19-7-6-15(9-20(19)28-14-25)8-16-12-23-13-17-10-21(26-3)22(27-4)11-18(16)17/h6-7,9-14H,5,8H2,1-4H3. The molecule has 0 unspecified atom stereocenters. The molecular formula is C22H24N2O4. The molecule has 3 rings (SSSR count). The van der Waals surface area contributed by atoms with Crippen LogP contribution in [0.25, 0.3) is 10.8 Å². The summed E-state index contributed by atoms with van der Waals surface area (Å²) in [5, 5.41) is 2.02. The molecular weight excluding hydrogens is 356 g/mol. The molecule has 0 fully saturated rings. The maximum absolute atomic E-state index is 10.9. The number of anilines is 1. The van der Waals surface area contributed by atoms with E-state index >= 15 is 0 Å². The van der Waals surface area contributed by atoms with Crippen LogP contribution in [0.3, 0.4) is 0 Å². The minimum absolute atomic E-state index is 0.461. The van der Waals surface area contributed by atoms with E-state index in [4.69, 9.17) is 14.2 Å². The lowest BCUT2D eigenvalue weighted by Crippen LogP contribution is -2.17. The van der Waals surface area contributed by atoms with Gasteiger partial charge in [0.25, 0.3) is 6.47 Å². The monoisotopic (exact) mass is 380 g/mol. The van der Waals surface area contributed by atoms with Crippen LogP contribution in [0, 0.1) is 0 Å². The van der Waals surface area contributed by atoms with Gasteiger partial charge < -0.3 is 19.1 Å². The molecule has 2 aromatic carbocycles. The Balaban J connectivity index is 2.02. The van der Waals surface area contributed by atoms with E-state index in [2.05, 4.69) is 4.98 Å². The molecule has 6 heteroatoms. The highest BCUT2D eigenvalue weighted by molar-refractivity contribution is 5.88. The Bertz CT molecular complexity index is 988. The van der Waals surface area contributed by atoms with Gasteiger partial charge in [0, 0.05) is 31.4 Å². The normalized spacial score (nSPS) is 10.6. The Morgan fingerprint density at radius 3 is 2.46 bits per heavy atom. The van der Waals surface area contributed by atoms with Crippen LogP contribution in [0.2, 0.25) is 0 Å². The van der Waals surface area contributed by atoms with E-state index in [-0.39, 0.29) is 0 Å². The van der Waals surface area contributed by atoms with Crippen LogP contribution in [0.5, 0.6) is 17.2 Å². The first kappa shape index (κ1) is 19.5. The fourth-order valence-electron chi connectivity index (χ4n) is 3.22. The molecule has 0 radical (unpaired) electrons. The van der Waals surface area contributed by atoms with Gasteiger partial charge in [-0.3, -0.25) is 9.78 Å². The Morgan fingerprint density at radius 2 is 1.79 bits per heavy atom. The Labute approximate surface area is 164 Å². The SMILES string of the molecule is CCN(C)c1ccc(Cc2cncc3cc(OC)c(OC)cc23)cc1OC=O. The van der Waals surface area contributed by atoms with Crippen LogP contribution in [0.4, 0.5) is 5.69 Å². The summed E-state index contributed by atoms with van der Waals surface area (Å²) in [6, 6.07) is 9.80. The molecule has 0 aliphatic carbocycles. The molecule has 0 aliphatic heterocycles. The largest absolute Gasteiger partial charge is 0.493 e. The van der Waals surface area contributed by atoms with Gasteiger partial charge in [-0.05, 0) is 54.1 Å². The van der Waals surface area contributed by atoms with Gasteiger partial charge in [-0.2, -0.15) is 0 Å². The Kier molecular flexibility index (Phi) is 5.99. The zero-order valence-corrected chi connectivity index (χ0v) is 16.6.